The maximum absolute atomic E-state index is 12.9. The van der Waals surface area contributed by atoms with E-state index in [4.69, 9.17) is 0 Å². The standard InChI is InChI=1S/C24H28F3N5O2/c1-15-20(6-7-21(30-15)32-10-8-18(9-11-32)24(25,26)27)31-19-4-2-16(3-5-19)13-29-23(34)17-12-22(33)28-14-17/h2-7,17-18,31H,8-14H2,1H3,(H,28,33)(H,29,34). The first-order valence-electron chi connectivity index (χ1n) is 11.4. The number of hydrogen-bond acceptors (Lipinski definition) is 5. The Morgan fingerprint density at radius 3 is 2.44 bits per heavy atom. The molecule has 7 nitrogen and oxygen atoms in total. The van der Waals surface area contributed by atoms with Gasteiger partial charge in [0, 0.05) is 38.3 Å². The summed E-state index contributed by atoms with van der Waals surface area (Å²) in [5, 5.41) is 8.82. The van der Waals surface area contributed by atoms with E-state index in [9.17, 15) is 22.8 Å². The van der Waals surface area contributed by atoms with E-state index in [0.717, 1.165) is 22.6 Å². The number of rotatable bonds is 6. The maximum Gasteiger partial charge on any atom is 0.391 e. The second kappa shape index (κ2) is 9.90. The van der Waals surface area contributed by atoms with Crippen LogP contribution in [0.1, 0.15) is 30.5 Å². The molecule has 34 heavy (non-hydrogen) atoms. The van der Waals surface area contributed by atoms with Crippen LogP contribution in [0.5, 0.6) is 0 Å². The number of alkyl halides is 3. The van der Waals surface area contributed by atoms with Crippen molar-refractivity contribution in [3.8, 4) is 0 Å². The van der Waals surface area contributed by atoms with Gasteiger partial charge in [-0.3, -0.25) is 9.59 Å². The number of carbonyl (C=O) groups is 2. The zero-order chi connectivity index (χ0) is 24.3. The van der Waals surface area contributed by atoms with Crippen LogP contribution in [0.25, 0.3) is 0 Å². The molecule has 2 aliphatic rings. The molecule has 1 aromatic heterocycles. The third-order valence-corrected chi connectivity index (χ3v) is 6.40. The molecule has 182 valence electrons. The number of nitrogens with zero attached hydrogens (tertiary/aromatic N) is 2. The quantitative estimate of drug-likeness (QED) is 0.594. The van der Waals surface area contributed by atoms with E-state index < -0.39 is 12.1 Å². The number of anilines is 3. The Bertz CT molecular complexity index is 1030. The molecule has 0 bridgehead atoms. The highest BCUT2D eigenvalue weighted by Crippen LogP contribution is 2.35. The molecule has 0 radical (unpaired) electrons. The van der Waals surface area contributed by atoms with Gasteiger partial charge in [0.15, 0.2) is 0 Å². The Morgan fingerprint density at radius 2 is 1.85 bits per heavy atom. The van der Waals surface area contributed by atoms with Gasteiger partial charge in [0.2, 0.25) is 11.8 Å². The lowest BCUT2D eigenvalue weighted by Crippen LogP contribution is -2.39. The third-order valence-electron chi connectivity index (χ3n) is 6.40. The van der Waals surface area contributed by atoms with Crippen molar-refractivity contribution in [2.24, 2.45) is 11.8 Å². The van der Waals surface area contributed by atoms with E-state index in [2.05, 4.69) is 20.9 Å². The summed E-state index contributed by atoms with van der Waals surface area (Å²) in [6.07, 6.45) is -3.72. The number of pyridine rings is 1. The van der Waals surface area contributed by atoms with Gasteiger partial charge in [-0.2, -0.15) is 13.2 Å². The number of amides is 2. The molecule has 1 atom stereocenters. The monoisotopic (exact) mass is 475 g/mol. The first-order valence-corrected chi connectivity index (χ1v) is 11.4. The largest absolute Gasteiger partial charge is 0.391 e. The molecule has 2 aliphatic heterocycles. The molecule has 0 spiro atoms. The third kappa shape index (κ3) is 5.78. The first kappa shape index (κ1) is 23.8. The number of halogens is 3. The van der Waals surface area contributed by atoms with E-state index in [-0.39, 0.29) is 37.0 Å². The molecular weight excluding hydrogens is 447 g/mol. The number of aromatic nitrogens is 1. The molecule has 2 fully saturated rings. The zero-order valence-electron chi connectivity index (χ0n) is 18.9. The first-order chi connectivity index (χ1) is 16.2. The van der Waals surface area contributed by atoms with Crippen molar-refractivity contribution in [2.45, 2.75) is 38.9 Å². The lowest BCUT2D eigenvalue weighted by molar-refractivity contribution is -0.179. The van der Waals surface area contributed by atoms with Crippen LogP contribution < -0.4 is 20.9 Å². The second-order valence-corrected chi connectivity index (χ2v) is 8.85. The van der Waals surface area contributed by atoms with Crippen molar-refractivity contribution in [3.63, 3.8) is 0 Å². The van der Waals surface area contributed by atoms with E-state index in [1.165, 1.54) is 0 Å². The van der Waals surface area contributed by atoms with Gasteiger partial charge < -0.3 is 20.9 Å². The van der Waals surface area contributed by atoms with Crippen molar-refractivity contribution in [2.75, 3.05) is 29.9 Å². The summed E-state index contributed by atoms with van der Waals surface area (Å²) >= 11 is 0. The molecule has 4 rings (SSSR count). The average Bonchev–Trinajstić information content (AvgIpc) is 3.25. The Morgan fingerprint density at radius 1 is 1.15 bits per heavy atom. The van der Waals surface area contributed by atoms with Crippen LogP contribution in [0.4, 0.5) is 30.4 Å². The predicted molar refractivity (Wildman–Crippen MR) is 123 cm³/mol. The van der Waals surface area contributed by atoms with E-state index in [0.29, 0.717) is 32.0 Å². The van der Waals surface area contributed by atoms with Crippen LogP contribution >= 0.6 is 0 Å². The van der Waals surface area contributed by atoms with Gasteiger partial charge in [-0.05, 0) is 49.6 Å². The Hall–Kier alpha value is -3.30. The number of aryl methyl sites for hydroxylation is 1. The van der Waals surface area contributed by atoms with Crippen LogP contribution in [-0.4, -0.2) is 42.6 Å². The van der Waals surface area contributed by atoms with Gasteiger partial charge >= 0.3 is 6.18 Å². The summed E-state index contributed by atoms with van der Waals surface area (Å²) in [6.45, 7) is 3.31. The minimum Gasteiger partial charge on any atom is -0.357 e. The zero-order valence-corrected chi connectivity index (χ0v) is 18.9. The molecule has 1 unspecified atom stereocenters. The van der Waals surface area contributed by atoms with Crippen LogP contribution in [0.15, 0.2) is 36.4 Å². The van der Waals surface area contributed by atoms with E-state index in [1.807, 2.05) is 48.2 Å². The summed E-state index contributed by atoms with van der Waals surface area (Å²) in [5.74, 6) is -1.09. The second-order valence-electron chi connectivity index (χ2n) is 8.85. The van der Waals surface area contributed by atoms with Gasteiger partial charge in [0.05, 0.1) is 23.2 Å². The molecule has 2 aromatic rings. The predicted octanol–water partition coefficient (Wildman–Crippen LogP) is 3.66. The highest BCUT2D eigenvalue weighted by molar-refractivity contribution is 5.89. The van der Waals surface area contributed by atoms with Crippen molar-refractivity contribution in [3.05, 3.63) is 47.7 Å². The molecule has 2 amide bonds. The normalized spacial score (nSPS) is 19.1. The van der Waals surface area contributed by atoms with Gasteiger partial charge in [-0.25, -0.2) is 4.98 Å². The lowest BCUT2D eigenvalue weighted by Gasteiger charge is -2.33. The molecule has 3 heterocycles. The summed E-state index contributed by atoms with van der Waals surface area (Å²) in [6, 6.07) is 11.3. The fraction of sp³-hybridized carbons (Fsp3) is 0.458. The Labute approximate surface area is 196 Å². The van der Waals surface area contributed by atoms with Crippen LogP contribution in [0, 0.1) is 18.8 Å². The number of carbonyl (C=O) groups excluding carboxylic acids is 2. The van der Waals surface area contributed by atoms with Crippen molar-refractivity contribution < 1.29 is 22.8 Å². The molecule has 0 aliphatic carbocycles. The average molecular weight is 476 g/mol. The molecule has 2 saturated heterocycles. The Balaban J connectivity index is 1.30. The maximum atomic E-state index is 12.9. The van der Waals surface area contributed by atoms with Gasteiger partial charge in [-0.1, -0.05) is 12.1 Å². The highest BCUT2D eigenvalue weighted by atomic mass is 19.4. The fourth-order valence-electron chi connectivity index (χ4n) is 4.28. The topological polar surface area (TPSA) is 86.4 Å². The number of piperidine rings is 1. The lowest BCUT2D eigenvalue weighted by atomic mass is 9.96. The van der Waals surface area contributed by atoms with Crippen LogP contribution in [-0.2, 0) is 16.1 Å². The molecule has 10 heteroatoms. The molecular formula is C24H28F3N5O2. The van der Waals surface area contributed by atoms with Gasteiger partial charge in [0.1, 0.15) is 5.82 Å². The minimum absolute atomic E-state index is 0.0900. The number of benzene rings is 1. The van der Waals surface area contributed by atoms with Crippen molar-refractivity contribution in [1.82, 2.24) is 15.6 Å². The van der Waals surface area contributed by atoms with E-state index in [1.54, 1.807) is 0 Å². The molecule has 1 aromatic carbocycles. The summed E-state index contributed by atoms with van der Waals surface area (Å²) in [7, 11) is 0. The highest BCUT2D eigenvalue weighted by Gasteiger charge is 2.41. The summed E-state index contributed by atoms with van der Waals surface area (Å²) < 4.78 is 38.7. The SMILES string of the molecule is Cc1nc(N2CCC(C(F)(F)F)CC2)ccc1Nc1ccc(CNC(=O)C2CNC(=O)C2)cc1. The van der Waals surface area contributed by atoms with Crippen LogP contribution in [0.2, 0.25) is 0 Å². The Kier molecular flexibility index (Phi) is 6.95. The van der Waals surface area contributed by atoms with Crippen molar-refractivity contribution in [1.29, 1.82) is 0 Å². The number of nitrogens with one attached hydrogen (secondary N) is 3. The smallest absolute Gasteiger partial charge is 0.357 e. The van der Waals surface area contributed by atoms with Gasteiger partial charge in [-0.15, -0.1) is 0 Å². The molecule has 0 saturated carbocycles. The van der Waals surface area contributed by atoms with E-state index >= 15 is 0 Å². The van der Waals surface area contributed by atoms with Crippen molar-refractivity contribution >= 4 is 29.0 Å². The van der Waals surface area contributed by atoms with Gasteiger partial charge in [0.25, 0.3) is 0 Å². The fourth-order valence-corrected chi connectivity index (χ4v) is 4.28. The number of hydrogen-bond donors (Lipinski definition) is 3. The molecule has 3 N–H and O–H groups in total. The summed E-state index contributed by atoms with van der Waals surface area (Å²) in [5.41, 5.74) is 3.35. The summed E-state index contributed by atoms with van der Waals surface area (Å²) in [4.78, 5) is 29.9. The minimum atomic E-state index is -4.13. The van der Waals surface area contributed by atoms with Crippen LogP contribution in [0.3, 0.4) is 0 Å².